The minimum atomic E-state index is -1.21. The molecule has 0 unspecified atom stereocenters. The summed E-state index contributed by atoms with van der Waals surface area (Å²) < 4.78 is 10.8. The Labute approximate surface area is 203 Å². The molecule has 0 amide bonds. The molecule has 3 rings (SSSR count). The summed E-state index contributed by atoms with van der Waals surface area (Å²) in [5.41, 5.74) is 3.76. The molecule has 0 spiro atoms. The van der Waals surface area contributed by atoms with E-state index in [-0.39, 0.29) is 5.56 Å². The Morgan fingerprint density at radius 3 is 2.21 bits per heavy atom. The Bertz CT molecular complexity index is 1150. The second kappa shape index (κ2) is 11.0. The summed E-state index contributed by atoms with van der Waals surface area (Å²) in [5, 5.41) is 15.5. The highest BCUT2D eigenvalue weighted by Gasteiger charge is 2.14. The normalized spacial score (nSPS) is 10.4. The molecule has 0 saturated heterocycles. The number of carbonyl (C=O) groups excluding carboxylic acids is 1. The van der Waals surface area contributed by atoms with E-state index in [0.717, 1.165) is 22.4 Å². The molecule has 6 nitrogen and oxygen atoms in total. The molecular formula is C25H24ClN2O4S-. The molecule has 0 bridgehead atoms. The fraction of sp³-hybridized carbons (Fsp3) is 0.200. The molecule has 0 fully saturated rings. The molecule has 0 aromatic heterocycles. The lowest BCUT2D eigenvalue weighted by atomic mass is 10.1. The predicted octanol–water partition coefficient (Wildman–Crippen LogP) is 4.43. The van der Waals surface area contributed by atoms with E-state index in [4.69, 9.17) is 33.3 Å². The van der Waals surface area contributed by atoms with Crippen molar-refractivity contribution in [3.8, 4) is 11.5 Å². The molecule has 0 heterocycles. The molecule has 33 heavy (non-hydrogen) atoms. The van der Waals surface area contributed by atoms with Gasteiger partial charge < -0.3 is 29.6 Å². The number of nitrogens with one attached hydrogen (secondary N) is 1. The van der Waals surface area contributed by atoms with Gasteiger partial charge >= 0.3 is 0 Å². The van der Waals surface area contributed by atoms with Gasteiger partial charge in [0.25, 0.3) is 0 Å². The summed E-state index contributed by atoms with van der Waals surface area (Å²) in [6.07, 6.45) is 0. The van der Waals surface area contributed by atoms with E-state index >= 15 is 0 Å². The van der Waals surface area contributed by atoms with Gasteiger partial charge in [-0.1, -0.05) is 41.9 Å². The van der Waals surface area contributed by atoms with Crippen molar-refractivity contribution in [2.45, 2.75) is 20.0 Å². The van der Waals surface area contributed by atoms with Crippen LogP contribution in [0.2, 0.25) is 5.02 Å². The van der Waals surface area contributed by atoms with Crippen LogP contribution in [-0.4, -0.2) is 30.2 Å². The van der Waals surface area contributed by atoms with Gasteiger partial charge in [0, 0.05) is 23.8 Å². The SMILES string of the molecule is COc1ccc(CN(Cc2ccc(C(=O)[O-])cc2)C(=S)Nc2ccc(Cl)c(C)c2)cc1OC. The van der Waals surface area contributed by atoms with Gasteiger partial charge in [-0.3, -0.25) is 0 Å². The van der Waals surface area contributed by atoms with Crippen molar-refractivity contribution in [1.29, 1.82) is 0 Å². The molecular weight excluding hydrogens is 460 g/mol. The molecule has 0 aliphatic heterocycles. The molecule has 3 aromatic carbocycles. The first-order valence-electron chi connectivity index (χ1n) is 10.1. The Morgan fingerprint density at radius 1 is 0.970 bits per heavy atom. The van der Waals surface area contributed by atoms with E-state index in [1.807, 2.05) is 48.2 Å². The highest BCUT2D eigenvalue weighted by molar-refractivity contribution is 7.80. The molecule has 0 atom stereocenters. The number of hydrogen-bond acceptors (Lipinski definition) is 5. The smallest absolute Gasteiger partial charge is 0.174 e. The number of rotatable bonds is 8. The van der Waals surface area contributed by atoms with Gasteiger partial charge in [0.15, 0.2) is 16.6 Å². The zero-order valence-electron chi connectivity index (χ0n) is 18.6. The summed E-state index contributed by atoms with van der Waals surface area (Å²) in [6, 6.07) is 17.9. The predicted molar refractivity (Wildman–Crippen MR) is 132 cm³/mol. The number of anilines is 1. The van der Waals surface area contributed by atoms with Crippen molar-refractivity contribution in [3.05, 3.63) is 87.9 Å². The number of carboxylic acid groups (broad SMARTS) is 1. The number of benzene rings is 3. The van der Waals surface area contributed by atoms with Gasteiger partial charge in [-0.2, -0.15) is 0 Å². The van der Waals surface area contributed by atoms with Crippen LogP contribution in [0, 0.1) is 6.92 Å². The number of carboxylic acids is 1. The second-order valence-corrected chi connectivity index (χ2v) is 8.22. The molecule has 0 aliphatic carbocycles. The van der Waals surface area contributed by atoms with Crippen LogP contribution in [0.4, 0.5) is 5.69 Å². The molecule has 0 aliphatic rings. The largest absolute Gasteiger partial charge is 0.545 e. The van der Waals surface area contributed by atoms with Crippen LogP contribution in [0.5, 0.6) is 11.5 Å². The lowest BCUT2D eigenvalue weighted by molar-refractivity contribution is -0.255. The van der Waals surface area contributed by atoms with Crippen molar-refractivity contribution in [2.24, 2.45) is 0 Å². The van der Waals surface area contributed by atoms with Gasteiger partial charge in [0.05, 0.1) is 20.2 Å². The minimum Gasteiger partial charge on any atom is -0.545 e. The third-order valence-corrected chi connectivity index (χ3v) is 5.87. The van der Waals surface area contributed by atoms with Crippen LogP contribution in [0.15, 0.2) is 60.7 Å². The molecule has 8 heteroatoms. The lowest BCUT2D eigenvalue weighted by Gasteiger charge is -2.27. The first-order chi connectivity index (χ1) is 15.8. The molecule has 1 N–H and O–H groups in total. The van der Waals surface area contributed by atoms with Crippen molar-refractivity contribution in [3.63, 3.8) is 0 Å². The van der Waals surface area contributed by atoms with Crippen LogP contribution in [0.25, 0.3) is 0 Å². The van der Waals surface area contributed by atoms with Crippen molar-refractivity contribution in [1.82, 2.24) is 4.90 Å². The van der Waals surface area contributed by atoms with E-state index in [9.17, 15) is 9.90 Å². The highest BCUT2D eigenvalue weighted by atomic mass is 35.5. The first kappa shape index (κ1) is 24.4. The van der Waals surface area contributed by atoms with E-state index in [2.05, 4.69) is 5.32 Å². The molecule has 3 aromatic rings. The number of nitrogens with zero attached hydrogens (tertiary/aromatic N) is 1. The van der Waals surface area contributed by atoms with Crippen LogP contribution in [-0.2, 0) is 13.1 Å². The average Bonchev–Trinajstić information content (AvgIpc) is 2.81. The summed E-state index contributed by atoms with van der Waals surface area (Å²) in [4.78, 5) is 13.0. The second-order valence-electron chi connectivity index (χ2n) is 7.42. The van der Waals surface area contributed by atoms with E-state index < -0.39 is 5.97 Å². The number of methoxy groups -OCH3 is 2. The van der Waals surface area contributed by atoms with Gasteiger partial charge in [-0.05, 0) is 71.7 Å². The third-order valence-electron chi connectivity index (χ3n) is 5.08. The van der Waals surface area contributed by atoms with Gasteiger partial charge in [0.2, 0.25) is 0 Å². The summed E-state index contributed by atoms with van der Waals surface area (Å²) >= 11 is 11.9. The number of aromatic carboxylic acids is 1. The maximum atomic E-state index is 11.1. The highest BCUT2D eigenvalue weighted by Crippen LogP contribution is 2.28. The number of carbonyl (C=O) groups is 1. The maximum absolute atomic E-state index is 11.1. The zero-order valence-corrected chi connectivity index (χ0v) is 20.1. The van der Waals surface area contributed by atoms with Crippen LogP contribution >= 0.6 is 23.8 Å². The van der Waals surface area contributed by atoms with Crippen LogP contribution in [0.1, 0.15) is 27.0 Å². The van der Waals surface area contributed by atoms with Crippen LogP contribution < -0.4 is 19.9 Å². The minimum absolute atomic E-state index is 0.127. The van der Waals surface area contributed by atoms with Gasteiger partial charge in [-0.25, -0.2) is 0 Å². The van der Waals surface area contributed by atoms with E-state index in [1.165, 1.54) is 12.1 Å². The zero-order chi connectivity index (χ0) is 24.0. The Morgan fingerprint density at radius 2 is 1.61 bits per heavy atom. The van der Waals surface area contributed by atoms with Gasteiger partial charge in [0.1, 0.15) is 0 Å². The van der Waals surface area contributed by atoms with Crippen molar-refractivity contribution >= 4 is 40.6 Å². The first-order valence-corrected chi connectivity index (χ1v) is 10.9. The number of thiocarbonyl (C=S) groups is 1. The third kappa shape index (κ3) is 6.37. The van der Waals surface area contributed by atoms with E-state index in [1.54, 1.807) is 26.4 Å². The number of halogens is 1. The number of hydrogen-bond donors (Lipinski definition) is 1. The topological polar surface area (TPSA) is 73.9 Å². The Kier molecular flexibility index (Phi) is 8.14. The van der Waals surface area contributed by atoms with Crippen molar-refractivity contribution in [2.75, 3.05) is 19.5 Å². The summed E-state index contributed by atoms with van der Waals surface area (Å²) in [7, 11) is 3.18. The Hall–Kier alpha value is -3.29. The molecule has 0 saturated carbocycles. The number of aryl methyl sites for hydroxylation is 1. The van der Waals surface area contributed by atoms with Crippen molar-refractivity contribution < 1.29 is 19.4 Å². The lowest BCUT2D eigenvalue weighted by Crippen LogP contribution is -2.34. The average molecular weight is 484 g/mol. The fourth-order valence-electron chi connectivity index (χ4n) is 3.29. The molecule has 172 valence electrons. The van der Waals surface area contributed by atoms with Gasteiger partial charge in [-0.15, -0.1) is 0 Å². The molecule has 0 radical (unpaired) electrons. The number of ether oxygens (including phenoxy) is 2. The van der Waals surface area contributed by atoms with E-state index in [0.29, 0.717) is 34.7 Å². The quantitative estimate of drug-likeness (QED) is 0.475. The standard InChI is InChI=1S/C25H25ClN2O4S/c1-16-12-20(9-10-21(16)26)27-25(33)28(14-17-4-7-19(8-5-17)24(29)30)15-18-6-11-22(31-2)23(13-18)32-3/h4-13H,14-15H2,1-3H3,(H,27,33)(H,29,30)/p-1. The monoisotopic (exact) mass is 483 g/mol. The van der Waals surface area contributed by atoms with Crippen LogP contribution in [0.3, 0.4) is 0 Å². The fourth-order valence-corrected chi connectivity index (χ4v) is 3.65. The maximum Gasteiger partial charge on any atom is 0.174 e. The summed E-state index contributed by atoms with van der Waals surface area (Å²) in [5.74, 6) is 0.0579. The Balaban J connectivity index is 1.86. The summed E-state index contributed by atoms with van der Waals surface area (Å²) in [6.45, 7) is 2.87.